The molecule has 1 spiro atoms. The fraction of sp³-hybridized carbons (Fsp3) is 0.769. The number of carbonyl (C=O) groups excluding carboxylic acids is 2. The Morgan fingerprint density at radius 2 is 1.94 bits per heavy atom. The molecule has 5 aliphatic rings. The van der Waals surface area contributed by atoms with Crippen molar-refractivity contribution in [2.24, 2.45) is 28.1 Å². The van der Waals surface area contributed by atoms with Gasteiger partial charge in [-0.3, -0.25) is 14.5 Å². The normalized spacial score (nSPS) is 37.1. The number of carbonyl (C=O) groups is 2. The number of nitrogens with one attached hydrogen (secondary N) is 2. The van der Waals surface area contributed by atoms with Crippen LogP contribution in [0.15, 0.2) is 6.20 Å². The Balaban J connectivity index is 1.28. The summed E-state index contributed by atoms with van der Waals surface area (Å²) in [4.78, 5) is 38.0. The van der Waals surface area contributed by atoms with Crippen LogP contribution in [0.4, 0.5) is 11.8 Å². The molecule has 1 saturated heterocycles. The standard InChI is InChI=1S/C26H37N5O2/c1-24(2)17-8-9-25(24,3)18(12-17)15-29-23-28-14-16-13-26(10-11-27-21(26)32)22(33)31(20(16)30-23)19-6-4-5-7-19/h14,17-19H,4-13,15H2,1-3H3,(H,27,32)(H,28,29,30)/t17?,18?,25?,26-/m1/s1. The summed E-state index contributed by atoms with van der Waals surface area (Å²) in [5, 5.41) is 6.44. The van der Waals surface area contributed by atoms with Gasteiger partial charge in [0.2, 0.25) is 17.8 Å². The zero-order valence-electron chi connectivity index (χ0n) is 20.2. The number of hydrogen-bond acceptors (Lipinski definition) is 5. The minimum atomic E-state index is -0.975. The molecule has 1 aromatic rings. The maximum absolute atomic E-state index is 13.8. The maximum atomic E-state index is 13.8. The number of amides is 2. The van der Waals surface area contributed by atoms with Gasteiger partial charge in [0.05, 0.1) is 0 Å². The van der Waals surface area contributed by atoms with E-state index in [0.29, 0.717) is 42.1 Å². The van der Waals surface area contributed by atoms with Crippen LogP contribution in [0.25, 0.3) is 0 Å². The van der Waals surface area contributed by atoms with E-state index in [1.54, 1.807) is 0 Å². The van der Waals surface area contributed by atoms with Gasteiger partial charge in [0.25, 0.3) is 0 Å². The second-order valence-electron chi connectivity index (χ2n) is 12.1. The molecule has 3 heterocycles. The summed E-state index contributed by atoms with van der Waals surface area (Å²) in [5.74, 6) is 2.58. The number of nitrogens with zero attached hydrogens (tertiary/aromatic N) is 3. The first-order valence-corrected chi connectivity index (χ1v) is 13.0. The molecule has 3 saturated carbocycles. The van der Waals surface area contributed by atoms with E-state index in [1.165, 1.54) is 19.3 Å². The van der Waals surface area contributed by atoms with E-state index < -0.39 is 5.41 Å². The monoisotopic (exact) mass is 451 g/mol. The Morgan fingerprint density at radius 1 is 1.15 bits per heavy atom. The van der Waals surface area contributed by atoms with Gasteiger partial charge >= 0.3 is 0 Å². The number of hydrogen-bond donors (Lipinski definition) is 2. The third kappa shape index (κ3) is 2.86. The molecule has 33 heavy (non-hydrogen) atoms. The molecule has 7 heteroatoms. The van der Waals surface area contributed by atoms with Crippen molar-refractivity contribution in [1.82, 2.24) is 15.3 Å². The molecule has 4 atom stereocenters. The molecule has 2 N–H and O–H groups in total. The average molecular weight is 452 g/mol. The van der Waals surface area contributed by atoms with Gasteiger partial charge in [-0.15, -0.1) is 0 Å². The summed E-state index contributed by atoms with van der Waals surface area (Å²) in [6.07, 6.45) is 11.0. The molecule has 0 aromatic carbocycles. The summed E-state index contributed by atoms with van der Waals surface area (Å²) in [5.41, 5.74) is 0.694. The van der Waals surface area contributed by atoms with Gasteiger partial charge in [0.15, 0.2) is 0 Å². The van der Waals surface area contributed by atoms with Crippen LogP contribution in [0.1, 0.15) is 77.7 Å². The molecule has 0 radical (unpaired) electrons. The largest absolute Gasteiger partial charge is 0.355 e. The summed E-state index contributed by atoms with van der Waals surface area (Å²) in [6, 6.07) is 0.134. The molecular formula is C26H37N5O2. The fourth-order valence-electron chi connectivity index (χ4n) is 7.98. The van der Waals surface area contributed by atoms with Crippen molar-refractivity contribution in [2.45, 2.75) is 84.6 Å². The van der Waals surface area contributed by atoms with Crippen molar-refractivity contribution in [3.63, 3.8) is 0 Å². The highest BCUT2D eigenvalue weighted by Crippen LogP contribution is 2.68. The molecular weight excluding hydrogens is 414 g/mol. The van der Waals surface area contributed by atoms with E-state index in [-0.39, 0.29) is 17.9 Å². The van der Waals surface area contributed by atoms with Gasteiger partial charge in [0, 0.05) is 37.3 Å². The van der Waals surface area contributed by atoms with Gasteiger partial charge in [-0.2, -0.15) is 4.98 Å². The fourth-order valence-corrected chi connectivity index (χ4v) is 7.98. The third-order valence-corrected chi connectivity index (χ3v) is 10.6. The van der Waals surface area contributed by atoms with Crippen LogP contribution in [0.5, 0.6) is 0 Å². The minimum absolute atomic E-state index is 0.0519. The molecule has 6 rings (SSSR count). The summed E-state index contributed by atoms with van der Waals surface area (Å²) < 4.78 is 0. The number of aromatic nitrogens is 2. The Hall–Kier alpha value is -2.18. The van der Waals surface area contributed by atoms with Crippen LogP contribution in [-0.2, 0) is 16.0 Å². The number of anilines is 2. The lowest BCUT2D eigenvalue weighted by atomic mass is 9.67. The molecule has 1 aromatic heterocycles. The highest BCUT2D eigenvalue weighted by Gasteiger charge is 2.61. The van der Waals surface area contributed by atoms with E-state index in [9.17, 15) is 9.59 Å². The van der Waals surface area contributed by atoms with E-state index in [1.807, 2.05) is 11.1 Å². The van der Waals surface area contributed by atoms with E-state index >= 15 is 0 Å². The van der Waals surface area contributed by atoms with Crippen LogP contribution in [0, 0.1) is 28.1 Å². The Morgan fingerprint density at radius 3 is 2.58 bits per heavy atom. The zero-order valence-corrected chi connectivity index (χ0v) is 20.2. The quantitative estimate of drug-likeness (QED) is 0.682. The smallest absolute Gasteiger partial charge is 0.244 e. The van der Waals surface area contributed by atoms with Gasteiger partial charge in [-0.1, -0.05) is 33.6 Å². The van der Waals surface area contributed by atoms with Crippen LogP contribution in [0.2, 0.25) is 0 Å². The van der Waals surface area contributed by atoms with Crippen molar-refractivity contribution >= 4 is 23.6 Å². The average Bonchev–Trinajstić information content (AvgIpc) is 3.52. The maximum Gasteiger partial charge on any atom is 0.244 e. The van der Waals surface area contributed by atoms with E-state index in [0.717, 1.165) is 49.5 Å². The predicted molar refractivity (Wildman–Crippen MR) is 127 cm³/mol. The molecule has 3 unspecified atom stereocenters. The lowest BCUT2D eigenvalue weighted by Gasteiger charge is -2.41. The molecule has 7 nitrogen and oxygen atoms in total. The van der Waals surface area contributed by atoms with Crippen molar-refractivity contribution in [3.8, 4) is 0 Å². The molecule has 3 aliphatic carbocycles. The lowest BCUT2D eigenvalue weighted by Crippen LogP contribution is -2.56. The van der Waals surface area contributed by atoms with Crippen LogP contribution >= 0.6 is 0 Å². The second-order valence-corrected chi connectivity index (χ2v) is 12.1. The van der Waals surface area contributed by atoms with E-state index in [4.69, 9.17) is 4.98 Å². The van der Waals surface area contributed by atoms with Crippen molar-refractivity contribution in [3.05, 3.63) is 11.8 Å². The van der Waals surface area contributed by atoms with Crippen LogP contribution in [0.3, 0.4) is 0 Å². The second kappa shape index (κ2) is 7.16. The van der Waals surface area contributed by atoms with Gasteiger partial charge in [-0.25, -0.2) is 4.98 Å². The molecule has 2 aliphatic heterocycles. The van der Waals surface area contributed by atoms with E-state index in [2.05, 4.69) is 36.4 Å². The topological polar surface area (TPSA) is 87.2 Å². The molecule has 2 amide bonds. The first kappa shape index (κ1) is 21.4. The van der Waals surface area contributed by atoms with Crippen molar-refractivity contribution in [1.29, 1.82) is 0 Å². The van der Waals surface area contributed by atoms with Crippen molar-refractivity contribution in [2.75, 3.05) is 23.3 Å². The Labute approximate surface area is 196 Å². The Bertz CT molecular complexity index is 1000. The first-order valence-electron chi connectivity index (χ1n) is 13.0. The summed E-state index contributed by atoms with van der Waals surface area (Å²) in [6.45, 7) is 8.79. The first-order chi connectivity index (χ1) is 15.8. The molecule has 4 fully saturated rings. The highest BCUT2D eigenvalue weighted by atomic mass is 16.2. The van der Waals surface area contributed by atoms with Crippen molar-refractivity contribution < 1.29 is 9.59 Å². The number of fused-ring (bicyclic) bond motifs is 3. The summed E-state index contributed by atoms with van der Waals surface area (Å²) >= 11 is 0. The lowest BCUT2D eigenvalue weighted by molar-refractivity contribution is -0.140. The molecule has 2 bridgehead atoms. The summed E-state index contributed by atoms with van der Waals surface area (Å²) in [7, 11) is 0. The zero-order chi connectivity index (χ0) is 23.0. The highest BCUT2D eigenvalue weighted by molar-refractivity contribution is 6.14. The van der Waals surface area contributed by atoms with Gasteiger partial charge in [-0.05, 0) is 61.2 Å². The minimum Gasteiger partial charge on any atom is -0.355 e. The van der Waals surface area contributed by atoms with Gasteiger partial charge in [0.1, 0.15) is 11.2 Å². The SMILES string of the molecule is CC1(C)C2CCC1(C)C(CNc1ncc3c(n1)N(C1CCCC1)C(=O)[C@]1(CCNC1=O)C3)C2. The van der Waals surface area contributed by atoms with Crippen LogP contribution in [-0.4, -0.2) is 40.9 Å². The Kier molecular flexibility index (Phi) is 4.63. The van der Waals surface area contributed by atoms with Gasteiger partial charge < -0.3 is 10.6 Å². The van der Waals surface area contributed by atoms with Crippen LogP contribution < -0.4 is 15.5 Å². The number of rotatable bonds is 4. The third-order valence-electron chi connectivity index (χ3n) is 10.6. The predicted octanol–water partition coefficient (Wildman–Crippen LogP) is 3.69. The molecule has 178 valence electrons.